The minimum atomic E-state index is 0.898. The monoisotopic (exact) mass is 834 g/mol. The summed E-state index contributed by atoms with van der Waals surface area (Å²) < 4.78 is 11.5. The van der Waals surface area contributed by atoms with E-state index in [9.17, 15) is 0 Å². The van der Waals surface area contributed by atoms with Crippen molar-refractivity contribution in [1.82, 2.24) is 4.57 Å². The van der Waals surface area contributed by atoms with E-state index in [2.05, 4.69) is 228 Å². The van der Waals surface area contributed by atoms with Gasteiger partial charge in [-0.25, -0.2) is 0 Å². The molecule has 0 N–H and O–H groups in total. The van der Waals surface area contributed by atoms with Crippen LogP contribution in [-0.2, 0) is 0 Å². The van der Waals surface area contributed by atoms with Crippen molar-refractivity contribution < 1.29 is 4.42 Å². The van der Waals surface area contributed by atoms with Gasteiger partial charge in [-0.1, -0.05) is 140 Å². The summed E-state index contributed by atoms with van der Waals surface area (Å²) in [6.07, 6.45) is 0. The highest BCUT2D eigenvalue weighted by Gasteiger charge is 2.18. The Bertz CT molecular complexity index is 3890. The first kappa shape index (κ1) is 36.5. The highest BCUT2D eigenvalue weighted by Crippen LogP contribution is 2.43. The topological polar surface area (TPSA) is 21.3 Å². The smallest absolute Gasteiger partial charge is 0.143 e. The molecule has 0 amide bonds. The molecule has 0 aliphatic heterocycles. The van der Waals surface area contributed by atoms with Crippen molar-refractivity contribution in [2.75, 3.05) is 4.90 Å². The second-order valence-corrected chi connectivity index (χ2v) is 17.6. The van der Waals surface area contributed by atoms with Crippen molar-refractivity contribution in [2.45, 2.75) is 0 Å². The minimum absolute atomic E-state index is 0.898. The van der Waals surface area contributed by atoms with E-state index < -0.39 is 0 Å². The fraction of sp³-hybridized carbons (Fsp3) is 0. The Morgan fingerprint density at radius 1 is 0.344 bits per heavy atom. The number of aromatic nitrogens is 1. The normalized spacial score (nSPS) is 11.8. The van der Waals surface area contributed by atoms with Crippen LogP contribution < -0.4 is 4.90 Å². The quantitative estimate of drug-likeness (QED) is 0.159. The lowest BCUT2D eigenvalue weighted by Gasteiger charge is -2.26. The van der Waals surface area contributed by atoms with E-state index in [4.69, 9.17) is 4.42 Å². The molecular weight excluding hydrogens is 797 g/mol. The molecule has 0 aliphatic carbocycles. The number of furan rings is 1. The maximum atomic E-state index is 6.52. The fourth-order valence-electron chi connectivity index (χ4n) is 9.75. The van der Waals surface area contributed by atoms with E-state index in [1.54, 1.807) is 0 Å². The van der Waals surface area contributed by atoms with Gasteiger partial charge in [0.1, 0.15) is 11.2 Å². The summed E-state index contributed by atoms with van der Waals surface area (Å²) in [5.41, 5.74) is 15.5. The van der Waals surface area contributed by atoms with Gasteiger partial charge >= 0.3 is 0 Å². The molecule has 0 fully saturated rings. The molecule has 3 nitrogen and oxygen atoms in total. The van der Waals surface area contributed by atoms with Crippen LogP contribution in [0.1, 0.15) is 0 Å². The minimum Gasteiger partial charge on any atom is -0.455 e. The molecule has 0 aliphatic rings. The lowest BCUT2D eigenvalue weighted by Crippen LogP contribution is -2.10. The number of benzene rings is 10. The molecule has 64 heavy (non-hydrogen) atoms. The molecule has 4 heteroatoms. The lowest BCUT2D eigenvalue weighted by atomic mass is 10.00. The van der Waals surface area contributed by atoms with Crippen molar-refractivity contribution in [3.05, 3.63) is 231 Å². The molecule has 10 aromatic carbocycles. The first-order valence-corrected chi connectivity index (χ1v) is 22.6. The molecule has 13 aromatic rings. The largest absolute Gasteiger partial charge is 0.455 e. The van der Waals surface area contributed by atoms with Crippen LogP contribution in [0.2, 0.25) is 0 Å². The summed E-state index contributed by atoms with van der Waals surface area (Å²) in [6, 6.07) is 83.4. The summed E-state index contributed by atoms with van der Waals surface area (Å²) in [5, 5.41) is 7.36. The van der Waals surface area contributed by atoms with Gasteiger partial charge in [0, 0.05) is 70.0 Å². The molecule has 300 valence electrons. The number of para-hydroxylation sites is 4. The van der Waals surface area contributed by atoms with Crippen molar-refractivity contribution in [1.29, 1.82) is 0 Å². The average Bonchev–Trinajstić information content (AvgIpc) is 4.04. The predicted molar refractivity (Wildman–Crippen MR) is 272 cm³/mol. The molecule has 0 saturated carbocycles. The fourth-order valence-corrected chi connectivity index (χ4v) is 10.8. The third-order valence-electron chi connectivity index (χ3n) is 12.8. The summed E-state index contributed by atoms with van der Waals surface area (Å²) in [7, 11) is 0. The number of rotatable bonds is 7. The first-order valence-electron chi connectivity index (χ1n) is 21.7. The van der Waals surface area contributed by atoms with Crippen LogP contribution >= 0.6 is 11.3 Å². The number of anilines is 3. The summed E-state index contributed by atoms with van der Waals surface area (Å²) >= 11 is 1.85. The third kappa shape index (κ3) is 5.95. The van der Waals surface area contributed by atoms with Crippen molar-refractivity contribution in [3.63, 3.8) is 0 Å². The van der Waals surface area contributed by atoms with Gasteiger partial charge in [-0.3, -0.25) is 0 Å². The van der Waals surface area contributed by atoms with Gasteiger partial charge in [-0.2, -0.15) is 0 Å². The Balaban J connectivity index is 0.914. The number of hydrogen-bond donors (Lipinski definition) is 0. The molecule has 0 saturated heterocycles. The van der Waals surface area contributed by atoms with E-state index in [1.807, 2.05) is 23.5 Å². The van der Waals surface area contributed by atoms with Crippen LogP contribution in [0.15, 0.2) is 235 Å². The zero-order valence-corrected chi connectivity index (χ0v) is 35.5. The van der Waals surface area contributed by atoms with Crippen LogP contribution in [-0.4, -0.2) is 4.57 Å². The zero-order valence-electron chi connectivity index (χ0n) is 34.7. The Hall–Kier alpha value is -8.18. The standard InChI is InChI=1S/C60H38N2OS/c1-2-13-44(14-3-1)62-55-21-7-4-16-49(55)53-37-41(28-34-56(53)62)39-24-30-45(31-25-39)61(46-32-26-40(27-33-46)42-29-35-59-54(38-42)51-18-6-9-23-58(51)64-59)47-15-10-12-43(36-47)48-19-11-20-52-50-17-5-8-22-57(50)63-60(48)52/h1-38H. The number of thiophene rings is 1. The molecule has 3 aromatic heterocycles. The number of hydrogen-bond acceptors (Lipinski definition) is 3. The molecule has 0 atom stereocenters. The molecule has 3 heterocycles. The Morgan fingerprint density at radius 3 is 1.73 bits per heavy atom. The number of fused-ring (bicyclic) bond motifs is 9. The van der Waals surface area contributed by atoms with Gasteiger partial charge in [0.25, 0.3) is 0 Å². The molecule has 13 rings (SSSR count). The van der Waals surface area contributed by atoms with Gasteiger partial charge < -0.3 is 13.9 Å². The van der Waals surface area contributed by atoms with Crippen LogP contribution in [0, 0.1) is 0 Å². The van der Waals surface area contributed by atoms with Gasteiger partial charge in [0.2, 0.25) is 0 Å². The van der Waals surface area contributed by atoms with Crippen molar-refractivity contribution in [3.8, 4) is 39.1 Å². The molecule has 0 bridgehead atoms. The maximum absolute atomic E-state index is 6.52. The van der Waals surface area contributed by atoms with Gasteiger partial charge in [-0.15, -0.1) is 11.3 Å². The Kier molecular flexibility index (Phi) is 8.40. The van der Waals surface area contributed by atoms with E-state index in [-0.39, 0.29) is 0 Å². The van der Waals surface area contributed by atoms with Crippen LogP contribution in [0.25, 0.3) is 103 Å². The van der Waals surface area contributed by atoms with E-state index >= 15 is 0 Å². The second kappa shape index (κ2) is 14.7. The highest BCUT2D eigenvalue weighted by atomic mass is 32.1. The summed E-state index contributed by atoms with van der Waals surface area (Å²) in [5.74, 6) is 0. The Labute approximate surface area is 373 Å². The van der Waals surface area contributed by atoms with Crippen LogP contribution in [0.5, 0.6) is 0 Å². The lowest BCUT2D eigenvalue weighted by molar-refractivity contribution is 0.670. The van der Waals surface area contributed by atoms with Gasteiger partial charge in [0.15, 0.2) is 0 Å². The molecule has 0 radical (unpaired) electrons. The Morgan fingerprint density at radius 2 is 0.938 bits per heavy atom. The number of nitrogens with zero attached hydrogens (tertiary/aromatic N) is 2. The average molecular weight is 835 g/mol. The SMILES string of the molecule is c1ccc(-n2c3ccccc3c3cc(-c4ccc(N(c5ccc(-c6ccc7sc8ccccc8c7c6)cc5)c5cccc(-c6cccc7c6oc6ccccc67)c5)cc4)ccc32)cc1. The molecule has 0 spiro atoms. The van der Waals surface area contributed by atoms with Gasteiger partial charge in [-0.05, 0) is 119 Å². The highest BCUT2D eigenvalue weighted by molar-refractivity contribution is 7.25. The predicted octanol–water partition coefficient (Wildman–Crippen LogP) is 17.5. The second-order valence-electron chi connectivity index (χ2n) is 16.5. The van der Waals surface area contributed by atoms with Crippen LogP contribution in [0.3, 0.4) is 0 Å². The molecular formula is C60H38N2OS. The van der Waals surface area contributed by atoms with E-state index in [0.717, 1.165) is 55.8 Å². The summed E-state index contributed by atoms with van der Waals surface area (Å²) in [6.45, 7) is 0. The third-order valence-corrected chi connectivity index (χ3v) is 14.0. The van der Waals surface area contributed by atoms with Crippen molar-refractivity contribution in [2.24, 2.45) is 0 Å². The van der Waals surface area contributed by atoms with E-state index in [0.29, 0.717) is 0 Å². The first-order chi connectivity index (χ1) is 31.7. The van der Waals surface area contributed by atoms with Crippen LogP contribution in [0.4, 0.5) is 17.1 Å². The van der Waals surface area contributed by atoms with Gasteiger partial charge in [0.05, 0.1) is 11.0 Å². The van der Waals surface area contributed by atoms with Crippen molar-refractivity contribution >= 4 is 92.3 Å². The molecule has 0 unspecified atom stereocenters. The zero-order chi connectivity index (χ0) is 42.1. The van der Waals surface area contributed by atoms with E-state index in [1.165, 1.54) is 64.2 Å². The maximum Gasteiger partial charge on any atom is 0.143 e. The summed E-state index contributed by atoms with van der Waals surface area (Å²) in [4.78, 5) is 2.36.